The Balaban J connectivity index is 2.33. The van der Waals surface area contributed by atoms with Gasteiger partial charge in [-0.1, -0.05) is 0 Å². The Morgan fingerprint density at radius 2 is 2.00 bits per heavy atom. The molecule has 1 amide bonds. The maximum Gasteiger partial charge on any atom is 0.336 e. The fourth-order valence-electron chi connectivity index (χ4n) is 1.95. The number of hydrogen-bond acceptors (Lipinski definition) is 3. The highest BCUT2D eigenvalue weighted by Gasteiger charge is 2.14. The number of rotatable bonds is 3. The first-order valence-electron chi connectivity index (χ1n) is 6.04. The van der Waals surface area contributed by atoms with Gasteiger partial charge in [-0.15, -0.1) is 0 Å². The van der Waals surface area contributed by atoms with E-state index in [-0.39, 0.29) is 11.5 Å². The molecule has 2 rings (SSSR count). The molecule has 0 bridgehead atoms. The SMILES string of the molecule is Cc1cc(NC(=O)c2ccnn2C)cc(C(=O)O)c1C. The van der Waals surface area contributed by atoms with Gasteiger partial charge in [-0.05, 0) is 43.2 Å². The third kappa shape index (κ3) is 2.54. The minimum Gasteiger partial charge on any atom is -0.478 e. The zero-order valence-corrected chi connectivity index (χ0v) is 11.5. The van der Waals surface area contributed by atoms with Crippen LogP contribution in [0.4, 0.5) is 5.69 Å². The lowest BCUT2D eigenvalue weighted by Gasteiger charge is -2.10. The quantitative estimate of drug-likeness (QED) is 0.895. The van der Waals surface area contributed by atoms with E-state index in [0.29, 0.717) is 16.9 Å². The molecule has 104 valence electrons. The van der Waals surface area contributed by atoms with Crippen molar-refractivity contribution in [3.8, 4) is 0 Å². The van der Waals surface area contributed by atoms with E-state index in [1.165, 1.54) is 16.9 Å². The van der Waals surface area contributed by atoms with Crippen LogP contribution in [0, 0.1) is 13.8 Å². The highest BCUT2D eigenvalue weighted by atomic mass is 16.4. The van der Waals surface area contributed by atoms with Crippen LogP contribution in [0.2, 0.25) is 0 Å². The standard InChI is InChI=1S/C14H15N3O3/c1-8-6-10(7-11(9(8)2)14(19)20)16-13(18)12-4-5-15-17(12)3/h4-7H,1-3H3,(H,16,18)(H,19,20). The van der Waals surface area contributed by atoms with Crippen LogP contribution in [0.15, 0.2) is 24.4 Å². The first-order chi connectivity index (χ1) is 9.40. The lowest BCUT2D eigenvalue weighted by atomic mass is 10.0. The lowest BCUT2D eigenvalue weighted by molar-refractivity contribution is 0.0695. The molecule has 6 heteroatoms. The van der Waals surface area contributed by atoms with Gasteiger partial charge in [-0.25, -0.2) is 4.79 Å². The van der Waals surface area contributed by atoms with E-state index < -0.39 is 5.97 Å². The molecule has 0 aliphatic heterocycles. The number of carboxylic acid groups (broad SMARTS) is 1. The van der Waals surface area contributed by atoms with Crippen molar-refractivity contribution in [2.45, 2.75) is 13.8 Å². The normalized spacial score (nSPS) is 10.3. The summed E-state index contributed by atoms with van der Waals surface area (Å²) in [7, 11) is 1.66. The third-order valence-corrected chi connectivity index (χ3v) is 3.21. The molecule has 1 heterocycles. The van der Waals surface area contributed by atoms with Crippen LogP contribution < -0.4 is 5.32 Å². The van der Waals surface area contributed by atoms with Gasteiger partial charge in [0.2, 0.25) is 0 Å². The molecule has 0 saturated carbocycles. The Labute approximate surface area is 116 Å². The van der Waals surface area contributed by atoms with Crippen molar-refractivity contribution in [2.24, 2.45) is 7.05 Å². The fraction of sp³-hybridized carbons (Fsp3) is 0.214. The maximum absolute atomic E-state index is 12.1. The molecule has 0 spiro atoms. The molecule has 2 N–H and O–H groups in total. The molecule has 6 nitrogen and oxygen atoms in total. The van der Waals surface area contributed by atoms with Gasteiger partial charge in [0, 0.05) is 18.9 Å². The molecular formula is C14H15N3O3. The van der Waals surface area contributed by atoms with Crippen LogP contribution in [0.1, 0.15) is 32.0 Å². The summed E-state index contributed by atoms with van der Waals surface area (Å²) < 4.78 is 1.45. The number of benzene rings is 1. The van der Waals surface area contributed by atoms with E-state index >= 15 is 0 Å². The molecule has 2 aromatic rings. The van der Waals surface area contributed by atoms with Crippen LogP contribution in [-0.2, 0) is 7.05 Å². The van der Waals surface area contributed by atoms with Crippen molar-refractivity contribution in [3.05, 3.63) is 46.8 Å². The van der Waals surface area contributed by atoms with Gasteiger partial charge in [-0.2, -0.15) is 5.10 Å². The number of aromatic carboxylic acids is 1. The van der Waals surface area contributed by atoms with Gasteiger partial charge >= 0.3 is 5.97 Å². The minimum absolute atomic E-state index is 0.185. The lowest BCUT2D eigenvalue weighted by Crippen LogP contribution is -2.16. The number of nitrogens with one attached hydrogen (secondary N) is 1. The van der Waals surface area contributed by atoms with Gasteiger partial charge in [0.25, 0.3) is 5.91 Å². The molecule has 1 aromatic heterocycles. The Bertz CT molecular complexity index is 689. The zero-order chi connectivity index (χ0) is 14.9. The largest absolute Gasteiger partial charge is 0.478 e. The number of amides is 1. The van der Waals surface area contributed by atoms with E-state index in [1.807, 2.05) is 6.92 Å². The Hall–Kier alpha value is -2.63. The second-order valence-electron chi connectivity index (χ2n) is 4.57. The molecule has 1 aromatic carbocycles. The van der Waals surface area contributed by atoms with E-state index in [0.717, 1.165) is 5.56 Å². The summed E-state index contributed by atoms with van der Waals surface area (Å²) in [5.74, 6) is -1.34. The van der Waals surface area contributed by atoms with Gasteiger partial charge in [-0.3, -0.25) is 9.48 Å². The van der Waals surface area contributed by atoms with E-state index in [2.05, 4.69) is 10.4 Å². The molecule has 0 unspecified atom stereocenters. The summed E-state index contributed by atoms with van der Waals surface area (Å²) >= 11 is 0. The number of aryl methyl sites for hydroxylation is 2. The van der Waals surface area contributed by atoms with Crippen LogP contribution >= 0.6 is 0 Å². The summed E-state index contributed by atoms with van der Waals surface area (Å²) in [6, 6.07) is 4.80. The minimum atomic E-state index is -1.01. The zero-order valence-electron chi connectivity index (χ0n) is 11.5. The number of carbonyl (C=O) groups is 2. The Morgan fingerprint density at radius 1 is 1.30 bits per heavy atom. The highest BCUT2D eigenvalue weighted by Crippen LogP contribution is 2.20. The van der Waals surface area contributed by atoms with Gasteiger partial charge in [0.05, 0.1) is 5.56 Å². The number of carbonyl (C=O) groups excluding carboxylic acids is 1. The molecule has 0 radical (unpaired) electrons. The summed E-state index contributed by atoms with van der Waals surface area (Å²) in [5.41, 5.74) is 2.54. The van der Waals surface area contributed by atoms with Crippen LogP contribution in [0.3, 0.4) is 0 Å². The molecule has 0 atom stereocenters. The highest BCUT2D eigenvalue weighted by molar-refractivity contribution is 6.03. The Morgan fingerprint density at radius 3 is 2.55 bits per heavy atom. The maximum atomic E-state index is 12.1. The van der Waals surface area contributed by atoms with Crippen molar-refractivity contribution >= 4 is 17.6 Å². The van der Waals surface area contributed by atoms with Crippen LogP contribution in [-0.4, -0.2) is 26.8 Å². The van der Waals surface area contributed by atoms with Crippen molar-refractivity contribution in [1.29, 1.82) is 0 Å². The number of anilines is 1. The summed E-state index contributed by atoms with van der Waals surface area (Å²) in [4.78, 5) is 23.2. The number of carboxylic acids is 1. The molecule has 0 saturated heterocycles. The second kappa shape index (κ2) is 5.16. The smallest absolute Gasteiger partial charge is 0.336 e. The Kier molecular flexibility index (Phi) is 3.56. The van der Waals surface area contributed by atoms with Crippen LogP contribution in [0.5, 0.6) is 0 Å². The molecule has 0 aliphatic rings. The first kappa shape index (κ1) is 13.8. The monoisotopic (exact) mass is 273 g/mol. The van der Waals surface area contributed by atoms with Crippen molar-refractivity contribution in [3.63, 3.8) is 0 Å². The topological polar surface area (TPSA) is 84.2 Å². The summed E-state index contributed by atoms with van der Waals surface area (Å²) in [6.45, 7) is 3.55. The average molecular weight is 273 g/mol. The first-order valence-corrected chi connectivity index (χ1v) is 6.04. The predicted molar refractivity (Wildman–Crippen MR) is 74.0 cm³/mol. The number of nitrogens with zero attached hydrogens (tertiary/aromatic N) is 2. The molecule has 0 aliphatic carbocycles. The third-order valence-electron chi connectivity index (χ3n) is 3.21. The summed E-state index contributed by atoms with van der Waals surface area (Å²) in [5, 5.41) is 15.8. The average Bonchev–Trinajstić information content (AvgIpc) is 2.79. The summed E-state index contributed by atoms with van der Waals surface area (Å²) in [6.07, 6.45) is 1.53. The second-order valence-corrected chi connectivity index (χ2v) is 4.57. The van der Waals surface area contributed by atoms with Crippen molar-refractivity contribution in [1.82, 2.24) is 9.78 Å². The van der Waals surface area contributed by atoms with E-state index in [1.54, 1.807) is 26.1 Å². The molecule has 0 fully saturated rings. The van der Waals surface area contributed by atoms with E-state index in [9.17, 15) is 9.59 Å². The van der Waals surface area contributed by atoms with E-state index in [4.69, 9.17) is 5.11 Å². The van der Waals surface area contributed by atoms with Gasteiger partial charge < -0.3 is 10.4 Å². The van der Waals surface area contributed by atoms with Crippen molar-refractivity contribution in [2.75, 3.05) is 5.32 Å². The van der Waals surface area contributed by atoms with Gasteiger partial charge in [0.15, 0.2) is 0 Å². The number of hydrogen-bond donors (Lipinski definition) is 2. The molecule has 20 heavy (non-hydrogen) atoms. The molecular weight excluding hydrogens is 258 g/mol. The van der Waals surface area contributed by atoms with Crippen molar-refractivity contribution < 1.29 is 14.7 Å². The predicted octanol–water partition coefficient (Wildman–Crippen LogP) is 1.99. The van der Waals surface area contributed by atoms with Gasteiger partial charge in [0.1, 0.15) is 5.69 Å². The fourth-order valence-corrected chi connectivity index (χ4v) is 1.95. The number of aromatic nitrogens is 2. The van der Waals surface area contributed by atoms with Crippen LogP contribution in [0.25, 0.3) is 0 Å².